The molecule has 4 aromatic carbocycles. The molecule has 3 atom stereocenters. The summed E-state index contributed by atoms with van der Waals surface area (Å²) in [6, 6.07) is 29.0. The number of hydrogen-bond donors (Lipinski definition) is 0. The van der Waals surface area contributed by atoms with E-state index >= 15 is 0 Å². The molecule has 50 heavy (non-hydrogen) atoms. The van der Waals surface area contributed by atoms with Gasteiger partial charge in [-0.05, 0) is 124 Å². The Bertz CT molecular complexity index is 2170. The van der Waals surface area contributed by atoms with E-state index in [1.165, 1.54) is 92.7 Å². The third-order valence-corrected chi connectivity index (χ3v) is 12.6. The molecule has 0 spiro atoms. The number of furan rings is 1. The molecule has 2 aliphatic carbocycles. The van der Waals surface area contributed by atoms with Gasteiger partial charge in [0.15, 0.2) is 0 Å². The van der Waals surface area contributed by atoms with E-state index in [1.807, 2.05) is 0 Å². The Kier molecular flexibility index (Phi) is 6.76. The summed E-state index contributed by atoms with van der Waals surface area (Å²) in [5.41, 5.74) is 16.9. The number of hydrogen-bond acceptors (Lipinski definition) is 3. The van der Waals surface area contributed by atoms with Crippen molar-refractivity contribution < 1.29 is 4.42 Å². The number of benzene rings is 4. The molecule has 2 aliphatic heterocycles. The maximum absolute atomic E-state index is 7.18. The number of fused-ring (bicyclic) bond motifs is 8. The van der Waals surface area contributed by atoms with Crippen molar-refractivity contribution in [1.82, 2.24) is 0 Å². The van der Waals surface area contributed by atoms with E-state index in [1.54, 1.807) is 0 Å². The van der Waals surface area contributed by atoms with Crippen molar-refractivity contribution in [3.8, 4) is 0 Å². The van der Waals surface area contributed by atoms with Crippen LogP contribution in [0.5, 0.6) is 0 Å². The van der Waals surface area contributed by atoms with Gasteiger partial charge in [-0.3, -0.25) is 0 Å². The fourth-order valence-corrected chi connectivity index (χ4v) is 9.79. The maximum Gasteiger partial charge on any atom is 0.297 e. The number of rotatable bonds is 2. The molecule has 0 amide bonds. The lowest BCUT2D eigenvalue weighted by molar-refractivity contribution is 0.413. The summed E-state index contributed by atoms with van der Waals surface area (Å²) in [5.74, 6) is 1.55. The second-order valence-corrected chi connectivity index (χ2v) is 19.2. The molecule has 256 valence electrons. The fourth-order valence-electron chi connectivity index (χ4n) is 9.79. The van der Waals surface area contributed by atoms with Crippen molar-refractivity contribution in [2.75, 3.05) is 9.80 Å². The van der Waals surface area contributed by atoms with Gasteiger partial charge in [0.1, 0.15) is 5.58 Å². The SMILES string of the molecule is Cc1ccc2oc3c(c2c1)N(C1CC2CCC1C2)c1cc(C(C)(C)C)cc2c1B3c1cc(C(C)(C)C)ccc1N2c1ccc(C(C)(C)C)cc1. The zero-order chi connectivity index (χ0) is 35.1. The lowest BCUT2D eigenvalue weighted by Gasteiger charge is -2.46. The van der Waals surface area contributed by atoms with Crippen LogP contribution in [0.1, 0.15) is 110 Å². The summed E-state index contributed by atoms with van der Waals surface area (Å²) in [7, 11) is 0. The van der Waals surface area contributed by atoms with Crippen LogP contribution in [-0.4, -0.2) is 12.8 Å². The van der Waals surface area contributed by atoms with Crippen molar-refractivity contribution in [1.29, 1.82) is 0 Å². The topological polar surface area (TPSA) is 19.6 Å². The Balaban J connectivity index is 1.39. The normalized spacial score (nSPS) is 21.2. The van der Waals surface area contributed by atoms with Crippen LogP contribution in [-0.2, 0) is 16.2 Å². The highest BCUT2D eigenvalue weighted by Gasteiger charge is 2.51. The Morgan fingerprint density at radius 2 is 1.34 bits per heavy atom. The number of nitrogens with zero attached hydrogens (tertiary/aromatic N) is 2. The van der Waals surface area contributed by atoms with Gasteiger partial charge in [0.05, 0.1) is 11.3 Å². The standard InChI is InChI=1S/C46H53BN2O/c1-27-11-20-40-34(21-27)42-43(50-40)47-35-24-31(45(5,6)7)16-19-36(35)48(33-17-14-30(15-18-33)44(2,3)4)38-25-32(46(8,9)10)26-39(41(38)47)49(42)37-23-28-12-13-29(37)22-28/h11,14-21,24-26,28-29,37H,12-13,22-23H2,1-10H3. The van der Waals surface area contributed by atoms with Gasteiger partial charge in [-0.25, -0.2) is 0 Å². The highest BCUT2D eigenvalue weighted by atomic mass is 16.3. The molecule has 3 heterocycles. The van der Waals surface area contributed by atoms with E-state index in [0.717, 1.165) is 23.1 Å². The zero-order valence-corrected chi connectivity index (χ0v) is 31.9. The maximum atomic E-state index is 7.18. The molecule has 0 radical (unpaired) electrons. The van der Waals surface area contributed by atoms with Crippen molar-refractivity contribution in [3.63, 3.8) is 0 Å². The summed E-state index contributed by atoms with van der Waals surface area (Å²) >= 11 is 0. The molecule has 1 aromatic heterocycles. The third kappa shape index (κ3) is 4.76. The molecule has 3 nitrogen and oxygen atoms in total. The van der Waals surface area contributed by atoms with E-state index in [4.69, 9.17) is 4.42 Å². The summed E-state index contributed by atoms with van der Waals surface area (Å²) < 4.78 is 7.18. The highest BCUT2D eigenvalue weighted by Crippen LogP contribution is 2.53. The first-order valence-electron chi connectivity index (χ1n) is 19.1. The van der Waals surface area contributed by atoms with Crippen molar-refractivity contribution in [2.24, 2.45) is 11.8 Å². The Labute approximate surface area is 300 Å². The van der Waals surface area contributed by atoms with Gasteiger partial charge in [-0.2, -0.15) is 0 Å². The van der Waals surface area contributed by atoms with E-state index in [-0.39, 0.29) is 23.0 Å². The summed E-state index contributed by atoms with van der Waals surface area (Å²) in [6.07, 6.45) is 5.35. The third-order valence-electron chi connectivity index (χ3n) is 12.6. The van der Waals surface area contributed by atoms with Crippen LogP contribution < -0.4 is 26.4 Å². The zero-order valence-electron chi connectivity index (χ0n) is 31.9. The summed E-state index contributed by atoms with van der Waals surface area (Å²) in [6.45, 7) is 23.3. The first kappa shape index (κ1) is 32.0. The Morgan fingerprint density at radius 1 is 0.660 bits per heavy atom. The molecule has 9 rings (SSSR count). The molecule has 2 fully saturated rings. The highest BCUT2D eigenvalue weighted by molar-refractivity contribution is 6.99. The lowest BCUT2D eigenvalue weighted by Crippen LogP contribution is -2.63. The first-order chi connectivity index (χ1) is 23.6. The van der Waals surface area contributed by atoms with E-state index < -0.39 is 0 Å². The molecule has 5 aromatic rings. The minimum absolute atomic E-state index is 0.00830. The van der Waals surface area contributed by atoms with Crippen LogP contribution in [0.2, 0.25) is 0 Å². The quantitative estimate of drug-likeness (QED) is 0.172. The second-order valence-electron chi connectivity index (χ2n) is 19.2. The predicted molar refractivity (Wildman–Crippen MR) is 214 cm³/mol. The molecule has 4 aliphatic rings. The van der Waals surface area contributed by atoms with Gasteiger partial charge >= 0.3 is 0 Å². The lowest BCUT2D eigenvalue weighted by atomic mass is 9.35. The molecule has 2 saturated carbocycles. The van der Waals surface area contributed by atoms with Crippen LogP contribution >= 0.6 is 0 Å². The minimum Gasteiger partial charge on any atom is -0.468 e. The van der Waals surface area contributed by atoms with Crippen LogP contribution in [0.4, 0.5) is 28.4 Å². The smallest absolute Gasteiger partial charge is 0.297 e. The average molecular weight is 661 g/mol. The molecule has 0 N–H and O–H groups in total. The van der Waals surface area contributed by atoms with Crippen molar-refractivity contribution in [3.05, 3.63) is 95.1 Å². The Morgan fingerprint density at radius 3 is 1.98 bits per heavy atom. The monoisotopic (exact) mass is 660 g/mol. The van der Waals surface area contributed by atoms with E-state index in [0.29, 0.717) is 6.04 Å². The molecule has 3 unspecified atom stereocenters. The molecule has 4 heteroatoms. The van der Waals surface area contributed by atoms with Crippen LogP contribution in [0.3, 0.4) is 0 Å². The molecule has 0 saturated heterocycles. The number of anilines is 5. The predicted octanol–water partition coefficient (Wildman–Crippen LogP) is 10.6. The van der Waals surface area contributed by atoms with Crippen LogP contribution in [0.15, 0.2) is 77.2 Å². The van der Waals surface area contributed by atoms with Gasteiger partial charge < -0.3 is 14.2 Å². The molecule has 2 bridgehead atoms. The van der Waals surface area contributed by atoms with Gasteiger partial charge in [-0.1, -0.05) is 105 Å². The van der Waals surface area contributed by atoms with E-state index in [9.17, 15) is 0 Å². The number of aryl methyl sites for hydroxylation is 1. The largest absolute Gasteiger partial charge is 0.468 e. The minimum atomic E-state index is -0.0190. The van der Waals surface area contributed by atoms with Crippen LogP contribution in [0, 0.1) is 18.8 Å². The van der Waals surface area contributed by atoms with Gasteiger partial charge in [0, 0.05) is 34.2 Å². The van der Waals surface area contributed by atoms with Crippen LogP contribution in [0.25, 0.3) is 11.0 Å². The van der Waals surface area contributed by atoms with Gasteiger partial charge in [0.25, 0.3) is 6.71 Å². The molecular formula is C46H53BN2O. The first-order valence-corrected chi connectivity index (χ1v) is 19.1. The molecular weight excluding hydrogens is 607 g/mol. The average Bonchev–Trinajstić information content (AvgIpc) is 3.78. The summed E-state index contributed by atoms with van der Waals surface area (Å²) in [4.78, 5) is 5.39. The summed E-state index contributed by atoms with van der Waals surface area (Å²) in [5, 5.41) is 1.27. The Hall–Kier alpha value is -3.92. The van der Waals surface area contributed by atoms with Gasteiger partial charge in [-0.15, -0.1) is 0 Å². The van der Waals surface area contributed by atoms with Crippen molar-refractivity contribution >= 4 is 62.7 Å². The van der Waals surface area contributed by atoms with Gasteiger partial charge in [0.2, 0.25) is 0 Å². The van der Waals surface area contributed by atoms with Crippen molar-refractivity contribution in [2.45, 2.75) is 117 Å². The fraction of sp³-hybridized carbons (Fsp3) is 0.435. The second kappa shape index (κ2) is 10.6. The van der Waals surface area contributed by atoms with E-state index in [2.05, 4.69) is 152 Å².